The molecule has 5 atom stereocenters. The average Bonchev–Trinajstić information content (AvgIpc) is 3.10. The Bertz CT molecular complexity index is 499. The number of nitrogens with one attached hydrogen (secondary N) is 1. The number of likely N-dealkylation sites (tertiary alicyclic amines) is 1. The first kappa shape index (κ1) is 20.7. The van der Waals surface area contributed by atoms with Gasteiger partial charge in [-0.05, 0) is 75.2 Å². The number of carboxylic acids is 1. The van der Waals surface area contributed by atoms with Gasteiger partial charge < -0.3 is 10.4 Å². The normalized spacial score (nSPS) is 37.6. The highest BCUT2D eigenvalue weighted by Crippen LogP contribution is 2.47. The molecular formula is C24H42N2O2. The van der Waals surface area contributed by atoms with E-state index in [1.807, 2.05) is 0 Å². The molecule has 0 aromatic rings. The van der Waals surface area contributed by atoms with E-state index < -0.39 is 5.97 Å². The van der Waals surface area contributed by atoms with Gasteiger partial charge in [0.2, 0.25) is 0 Å². The standard InChI is InChI=1S/C24H42N2O2/c27-24(28)13-10-19-9-12-23-22(15-19)20(11-8-18-5-2-1-3-6-18)17-26(23)21-7-4-14-25-16-21/h18-23,25H,1-17H2,(H,27,28). The lowest BCUT2D eigenvalue weighted by Crippen LogP contribution is -2.49. The molecule has 4 fully saturated rings. The van der Waals surface area contributed by atoms with Gasteiger partial charge in [-0.2, -0.15) is 0 Å². The molecule has 2 saturated carbocycles. The molecule has 2 saturated heterocycles. The van der Waals surface area contributed by atoms with Crippen LogP contribution in [0.4, 0.5) is 0 Å². The second kappa shape index (κ2) is 9.93. The molecule has 0 spiro atoms. The molecule has 4 aliphatic rings. The van der Waals surface area contributed by atoms with Crippen molar-refractivity contribution >= 4 is 5.97 Å². The van der Waals surface area contributed by atoms with Gasteiger partial charge in [0.1, 0.15) is 0 Å². The number of aliphatic carboxylic acids is 1. The lowest BCUT2D eigenvalue weighted by Gasteiger charge is -2.41. The molecule has 28 heavy (non-hydrogen) atoms. The number of hydrogen-bond donors (Lipinski definition) is 2. The summed E-state index contributed by atoms with van der Waals surface area (Å²) in [5, 5.41) is 12.7. The van der Waals surface area contributed by atoms with Crippen molar-refractivity contribution in [2.45, 2.75) is 102 Å². The van der Waals surface area contributed by atoms with Gasteiger partial charge in [0, 0.05) is 31.6 Å². The van der Waals surface area contributed by atoms with Crippen LogP contribution in [0.5, 0.6) is 0 Å². The maximum absolute atomic E-state index is 11.1. The number of hydrogen-bond acceptors (Lipinski definition) is 3. The molecule has 160 valence electrons. The number of rotatable bonds is 7. The number of nitrogens with zero attached hydrogens (tertiary/aromatic N) is 1. The molecule has 0 bridgehead atoms. The molecule has 2 N–H and O–H groups in total. The molecule has 0 radical (unpaired) electrons. The second-order valence-electron chi connectivity index (χ2n) is 10.4. The monoisotopic (exact) mass is 390 g/mol. The van der Waals surface area contributed by atoms with Gasteiger partial charge in [-0.1, -0.05) is 38.5 Å². The third-order valence-electron chi connectivity index (χ3n) is 8.62. The Morgan fingerprint density at radius 1 is 0.929 bits per heavy atom. The highest BCUT2D eigenvalue weighted by atomic mass is 16.4. The number of carboxylic acid groups (broad SMARTS) is 1. The highest BCUT2D eigenvalue weighted by Gasteiger charge is 2.46. The number of carbonyl (C=O) groups is 1. The predicted octanol–water partition coefficient (Wildman–Crippen LogP) is 4.68. The van der Waals surface area contributed by atoms with Crippen molar-refractivity contribution in [3.05, 3.63) is 0 Å². The third-order valence-corrected chi connectivity index (χ3v) is 8.62. The Morgan fingerprint density at radius 2 is 1.79 bits per heavy atom. The molecule has 4 rings (SSSR count). The second-order valence-corrected chi connectivity index (χ2v) is 10.4. The number of piperidine rings is 1. The topological polar surface area (TPSA) is 52.6 Å². The largest absolute Gasteiger partial charge is 0.481 e. The van der Waals surface area contributed by atoms with E-state index in [0.717, 1.165) is 36.3 Å². The van der Waals surface area contributed by atoms with Crippen molar-refractivity contribution in [3.63, 3.8) is 0 Å². The molecule has 0 aromatic heterocycles. The summed E-state index contributed by atoms with van der Waals surface area (Å²) >= 11 is 0. The summed E-state index contributed by atoms with van der Waals surface area (Å²) < 4.78 is 0. The summed E-state index contributed by atoms with van der Waals surface area (Å²) in [4.78, 5) is 14.0. The first-order valence-electron chi connectivity index (χ1n) is 12.4. The fraction of sp³-hybridized carbons (Fsp3) is 0.958. The zero-order valence-electron chi connectivity index (χ0n) is 17.8. The van der Waals surface area contributed by atoms with Crippen LogP contribution >= 0.6 is 0 Å². The van der Waals surface area contributed by atoms with E-state index in [-0.39, 0.29) is 0 Å². The van der Waals surface area contributed by atoms with Crippen LogP contribution in [-0.2, 0) is 4.79 Å². The van der Waals surface area contributed by atoms with E-state index in [2.05, 4.69) is 10.2 Å². The molecule has 2 aliphatic heterocycles. The van der Waals surface area contributed by atoms with Gasteiger partial charge in [0.05, 0.1) is 0 Å². The Kier molecular flexibility index (Phi) is 7.33. The lowest BCUT2D eigenvalue weighted by atomic mass is 9.71. The van der Waals surface area contributed by atoms with Gasteiger partial charge in [-0.3, -0.25) is 9.69 Å². The molecule has 2 heterocycles. The van der Waals surface area contributed by atoms with Crippen LogP contribution in [0.15, 0.2) is 0 Å². The fourth-order valence-corrected chi connectivity index (χ4v) is 7.10. The summed E-state index contributed by atoms with van der Waals surface area (Å²) in [5.41, 5.74) is 0. The van der Waals surface area contributed by atoms with Crippen molar-refractivity contribution in [1.29, 1.82) is 0 Å². The minimum Gasteiger partial charge on any atom is -0.481 e. The van der Waals surface area contributed by atoms with Crippen molar-refractivity contribution < 1.29 is 9.90 Å². The highest BCUT2D eigenvalue weighted by molar-refractivity contribution is 5.66. The molecule has 5 unspecified atom stereocenters. The molecule has 0 aromatic carbocycles. The van der Waals surface area contributed by atoms with Crippen molar-refractivity contribution in [3.8, 4) is 0 Å². The van der Waals surface area contributed by atoms with Crippen LogP contribution in [0.3, 0.4) is 0 Å². The van der Waals surface area contributed by atoms with Gasteiger partial charge >= 0.3 is 5.97 Å². The van der Waals surface area contributed by atoms with Gasteiger partial charge in [-0.15, -0.1) is 0 Å². The molecular weight excluding hydrogens is 348 g/mol. The lowest BCUT2D eigenvalue weighted by molar-refractivity contribution is -0.137. The SMILES string of the molecule is O=C(O)CCC1CCC2C(C1)C(CCC1CCCCC1)CN2C1CCCNC1. The number of fused-ring (bicyclic) bond motifs is 1. The van der Waals surface area contributed by atoms with Crippen LogP contribution in [-0.4, -0.2) is 47.7 Å². The maximum Gasteiger partial charge on any atom is 0.303 e. The zero-order valence-corrected chi connectivity index (χ0v) is 17.8. The van der Waals surface area contributed by atoms with Crippen LogP contribution < -0.4 is 5.32 Å². The van der Waals surface area contributed by atoms with E-state index in [1.54, 1.807) is 0 Å². The van der Waals surface area contributed by atoms with E-state index >= 15 is 0 Å². The third kappa shape index (κ3) is 5.11. The quantitative estimate of drug-likeness (QED) is 0.663. The minimum atomic E-state index is -0.614. The van der Waals surface area contributed by atoms with Crippen molar-refractivity contribution in [2.24, 2.45) is 23.7 Å². The van der Waals surface area contributed by atoms with Crippen LogP contribution in [0.25, 0.3) is 0 Å². The first-order chi connectivity index (χ1) is 13.7. The van der Waals surface area contributed by atoms with E-state index in [4.69, 9.17) is 5.11 Å². The fourth-order valence-electron chi connectivity index (χ4n) is 7.10. The Labute approximate surface area is 171 Å². The minimum absolute atomic E-state index is 0.366. The van der Waals surface area contributed by atoms with Crippen LogP contribution in [0.1, 0.15) is 89.9 Å². The predicted molar refractivity (Wildman–Crippen MR) is 113 cm³/mol. The average molecular weight is 391 g/mol. The van der Waals surface area contributed by atoms with E-state index in [1.165, 1.54) is 96.7 Å². The van der Waals surface area contributed by atoms with Crippen molar-refractivity contribution in [1.82, 2.24) is 10.2 Å². The van der Waals surface area contributed by atoms with Crippen molar-refractivity contribution in [2.75, 3.05) is 19.6 Å². The van der Waals surface area contributed by atoms with E-state index in [9.17, 15) is 4.79 Å². The zero-order chi connectivity index (χ0) is 19.3. The smallest absolute Gasteiger partial charge is 0.303 e. The summed E-state index contributed by atoms with van der Waals surface area (Å²) in [6.07, 6.45) is 18.0. The van der Waals surface area contributed by atoms with Crippen LogP contribution in [0, 0.1) is 23.7 Å². The molecule has 4 heteroatoms. The van der Waals surface area contributed by atoms with Gasteiger partial charge in [0.15, 0.2) is 0 Å². The van der Waals surface area contributed by atoms with Gasteiger partial charge in [-0.25, -0.2) is 0 Å². The van der Waals surface area contributed by atoms with E-state index in [0.29, 0.717) is 12.3 Å². The molecule has 4 nitrogen and oxygen atoms in total. The Balaban J connectivity index is 1.38. The Hall–Kier alpha value is -0.610. The summed E-state index contributed by atoms with van der Waals surface area (Å²) in [6.45, 7) is 3.70. The Morgan fingerprint density at radius 3 is 2.54 bits per heavy atom. The first-order valence-corrected chi connectivity index (χ1v) is 12.4. The van der Waals surface area contributed by atoms with Crippen LogP contribution in [0.2, 0.25) is 0 Å². The molecule has 0 amide bonds. The summed E-state index contributed by atoms with van der Waals surface area (Å²) in [7, 11) is 0. The molecule has 2 aliphatic carbocycles. The van der Waals surface area contributed by atoms with Gasteiger partial charge in [0.25, 0.3) is 0 Å². The summed E-state index contributed by atoms with van der Waals surface area (Å²) in [6, 6.07) is 1.53. The summed E-state index contributed by atoms with van der Waals surface area (Å²) in [5.74, 6) is 2.72. The maximum atomic E-state index is 11.1.